The Balaban J connectivity index is 5.34. The third-order valence-electron chi connectivity index (χ3n) is 3.21. The van der Waals surface area contributed by atoms with Gasteiger partial charge in [-0.3, -0.25) is 9.79 Å². The summed E-state index contributed by atoms with van der Waals surface area (Å²) in [6.07, 6.45) is 5.48. The van der Waals surface area contributed by atoms with Crippen LogP contribution in [0.5, 0.6) is 0 Å². The first-order chi connectivity index (χ1) is 10.3. The van der Waals surface area contributed by atoms with Crippen LogP contribution in [0.2, 0.25) is 0 Å². The molecule has 0 aromatic carbocycles. The Morgan fingerprint density at radius 2 is 2.05 bits per heavy atom. The van der Waals surface area contributed by atoms with Crippen LogP contribution in [0.15, 0.2) is 41.2 Å². The number of amides is 3. The lowest BCUT2D eigenvalue weighted by Gasteiger charge is -2.17. The van der Waals surface area contributed by atoms with E-state index in [2.05, 4.69) is 16.9 Å². The lowest BCUT2D eigenvalue weighted by Crippen LogP contribution is -2.26. The number of likely N-dealkylation sites (N-methyl/N-ethyl adjacent to an activating group) is 1. The fourth-order valence-corrected chi connectivity index (χ4v) is 2.02. The van der Waals surface area contributed by atoms with Crippen LogP contribution in [0.4, 0.5) is 4.79 Å². The van der Waals surface area contributed by atoms with E-state index in [9.17, 15) is 9.59 Å². The summed E-state index contributed by atoms with van der Waals surface area (Å²) in [4.78, 5) is 28.6. The van der Waals surface area contributed by atoms with Crippen LogP contribution >= 0.6 is 0 Å². The summed E-state index contributed by atoms with van der Waals surface area (Å²) >= 11 is 0. The van der Waals surface area contributed by atoms with Gasteiger partial charge in [0.2, 0.25) is 0 Å². The Morgan fingerprint density at radius 1 is 1.45 bits per heavy atom. The number of nitrogens with two attached hydrogens (primary N) is 1. The Kier molecular flexibility index (Phi) is 8.52. The van der Waals surface area contributed by atoms with Crippen molar-refractivity contribution in [2.24, 2.45) is 16.6 Å². The Morgan fingerprint density at radius 3 is 2.45 bits per heavy atom. The molecule has 0 fully saturated rings. The number of aliphatic imine (C=N–C) groups is 1. The van der Waals surface area contributed by atoms with E-state index in [1.54, 1.807) is 14.1 Å². The Bertz CT molecular complexity index is 518. The van der Waals surface area contributed by atoms with E-state index in [0.717, 1.165) is 11.3 Å². The molecule has 0 aromatic rings. The summed E-state index contributed by atoms with van der Waals surface area (Å²) in [7, 11) is 3.34. The van der Waals surface area contributed by atoms with Gasteiger partial charge in [-0.1, -0.05) is 26.5 Å². The van der Waals surface area contributed by atoms with Crippen molar-refractivity contribution in [3.63, 3.8) is 0 Å². The molecule has 0 aliphatic rings. The molecule has 0 radical (unpaired) electrons. The second-order valence-corrected chi connectivity index (χ2v) is 4.88. The summed E-state index contributed by atoms with van der Waals surface area (Å²) in [5, 5.41) is 2.42. The zero-order valence-electron chi connectivity index (χ0n) is 14.0. The molecule has 0 heterocycles. The van der Waals surface area contributed by atoms with Crippen LogP contribution in [0.3, 0.4) is 0 Å². The number of nitrogens with zero attached hydrogens (tertiary/aromatic N) is 2. The SMILES string of the molecule is C=CN(C)C(=O)/C(=C\C(C)C(=N/C)/C(C)=C/NC(N)=O)CC. The number of hydrogen-bond donors (Lipinski definition) is 2. The fraction of sp³-hybridized carbons (Fsp3) is 0.438. The number of primary amides is 1. The third kappa shape index (κ3) is 5.95. The molecule has 1 atom stereocenters. The van der Waals surface area contributed by atoms with Gasteiger partial charge in [0.05, 0.1) is 0 Å². The van der Waals surface area contributed by atoms with E-state index in [-0.39, 0.29) is 11.8 Å². The zero-order chi connectivity index (χ0) is 17.3. The van der Waals surface area contributed by atoms with E-state index in [1.165, 1.54) is 17.3 Å². The molecule has 0 bridgehead atoms. The predicted octanol–water partition coefficient (Wildman–Crippen LogP) is 2.20. The highest BCUT2D eigenvalue weighted by Crippen LogP contribution is 2.15. The van der Waals surface area contributed by atoms with Crippen molar-refractivity contribution >= 4 is 17.6 Å². The molecule has 0 aromatic heterocycles. The highest BCUT2D eigenvalue weighted by atomic mass is 16.2. The van der Waals surface area contributed by atoms with Crippen LogP contribution in [0.1, 0.15) is 27.2 Å². The maximum Gasteiger partial charge on any atom is 0.316 e. The van der Waals surface area contributed by atoms with Crippen molar-refractivity contribution in [2.75, 3.05) is 14.1 Å². The monoisotopic (exact) mass is 306 g/mol. The summed E-state index contributed by atoms with van der Waals surface area (Å²) in [5.41, 5.74) is 7.28. The van der Waals surface area contributed by atoms with Crippen molar-refractivity contribution in [1.82, 2.24) is 10.2 Å². The minimum absolute atomic E-state index is 0.0759. The van der Waals surface area contributed by atoms with Crippen LogP contribution < -0.4 is 11.1 Å². The van der Waals surface area contributed by atoms with Gasteiger partial charge in [0.25, 0.3) is 5.91 Å². The van der Waals surface area contributed by atoms with Gasteiger partial charge in [0.15, 0.2) is 0 Å². The van der Waals surface area contributed by atoms with E-state index in [4.69, 9.17) is 5.73 Å². The van der Waals surface area contributed by atoms with Crippen LogP contribution in [-0.4, -0.2) is 36.6 Å². The number of carbonyl (C=O) groups is 2. The van der Waals surface area contributed by atoms with Gasteiger partial charge in [-0.15, -0.1) is 0 Å². The van der Waals surface area contributed by atoms with Crippen molar-refractivity contribution in [3.05, 3.63) is 36.2 Å². The molecule has 122 valence electrons. The number of rotatable bonds is 7. The number of carbonyl (C=O) groups excluding carboxylic acids is 2. The van der Waals surface area contributed by atoms with Crippen molar-refractivity contribution in [2.45, 2.75) is 27.2 Å². The van der Waals surface area contributed by atoms with Gasteiger partial charge in [-0.2, -0.15) is 0 Å². The number of allylic oxidation sites excluding steroid dienone is 2. The fourth-order valence-electron chi connectivity index (χ4n) is 2.02. The first-order valence-electron chi connectivity index (χ1n) is 7.08. The average molecular weight is 306 g/mol. The molecule has 22 heavy (non-hydrogen) atoms. The van der Waals surface area contributed by atoms with Crippen LogP contribution in [0.25, 0.3) is 0 Å². The highest BCUT2D eigenvalue weighted by Gasteiger charge is 2.15. The average Bonchev–Trinajstić information content (AvgIpc) is 2.49. The largest absolute Gasteiger partial charge is 0.351 e. The molecule has 3 amide bonds. The molecule has 6 heteroatoms. The second-order valence-electron chi connectivity index (χ2n) is 4.88. The highest BCUT2D eigenvalue weighted by molar-refractivity contribution is 6.03. The molecule has 6 nitrogen and oxygen atoms in total. The quantitative estimate of drug-likeness (QED) is 0.558. The summed E-state index contributed by atoms with van der Waals surface area (Å²) < 4.78 is 0. The Hall–Kier alpha value is -2.37. The lowest BCUT2D eigenvalue weighted by atomic mass is 9.96. The summed E-state index contributed by atoms with van der Waals surface area (Å²) in [5.74, 6) is -0.162. The van der Waals surface area contributed by atoms with Gasteiger partial charge in [0.1, 0.15) is 0 Å². The molecule has 3 N–H and O–H groups in total. The third-order valence-corrected chi connectivity index (χ3v) is 3.21. The first-order valence-corrected chi connectivity index (χ1v) is 7.08. The zero-order valence-corrected chi connectivity index (χ0v) is 14.0. The number of nitrogens with one attached hydrogen (secondary N) is 1. The molecule has 0 rings (SSSR count). The number of urea groups is 1. The van der Waals surface area contributed by atoms with Gasteiger partial charge >= 0.3 is 6.03 Å². The van der Waals surface area contributed by atoms with Gasteiger partial charge < -0.3 is 16.0 Å². The van der Waals surface area contributed by atoms with Gasteiger partial charge in [0, 0.05) is 37.5 Å². The molecule has 0 saturated heterocycles. The summed E-state index contributed by atoms with van der Waals surface area (Å²) in [6, 6.07) is -0.630. The molecule has 0 saturated carbocycles. The van der Waals surface area contributed by atoms with Crippen molar-refractivity contribution in [3.8, 4) is 0 Å². The standard InChI is InChI=1S/C16H26N4O2/c1-7-13(15(21)20(6)8-2)9-11(3)14(18-5)12(4)10-19-16(17)22/h8-11H,2,7H2,1,3-6H3,(H3,17,19,22)/b12-10+,13-9-,18-14-. The van der Waals surface area contributed by atoms with Crippen molar-refractivity contribution in [1.29, 1.82) is 0 Å². The van der Waals surface area contributed by atoms with Gasteiger partial charge in [-0.05, 0) is 25.1 Å². The smallest absolute Gasteiger partial charge is 0.316 e. The first kappa shape index (κ1) is 19.6. The van der Waals surface area contributed by atoms with E-state index < -0.39 is 6.03 Å². The minimum atomic E-state index is -0.630. The molecular weight excluding hydrogens is 280 g/mol. The normalized spacial score (nSPS) is 14.3. The van der Waals surface area contributed by atoms with E-state index >= 15 is 0 Å². The topological polar surface area (TPSA) is 87.8 Å². The predicted molar refractivity (Wildman–Crippen MR) is 90.3 cm³/mol. The lowest BCUT2D eigenvalue weighted by molar-refractivity contribution is -0.123. The molecule has 1 unspecified atom stereocenters. The van der Waals surface area contributed by atoms with Crippen molar-refractivity contribution < 1.29 is 9.59 Å². The van der Waals surface area contributed by atoms with E-state index in [0.29, 0.717) is 12.0 Å². The number of hydrogen-bond acceptors (Lipinski definition) is 3. The molecule has 0 aliphatic heterocycles. The van der Waals surface area contributed by atoms with Gasteiger partial charge in [-0.25, -0.2) is 4.79 Å². The second kappa shape index (κ2) is 9.55. The molecule has 0 aliphatic carbocycles. The van der Waals surface area contributed by atoms with E-state index in [1.807, 2.05) is 26.8 Å². The maximum absolute atomic E-state index is 12.2. The van der Waals surface area contributed by atoms with Crippen LogP contribution in [0, 0.1) is 5.92 Å². The van der Waals surface area contributed by atoms with Crippen LogP contribution in [-0.2, 0) is 4.79 Å². The molecule has 0 spiro atoms. The maximum atomic E-state index is 12.2. The molecular formula is C16H26N4O2. The Labute approximate surface area is 132 Å². The minimum Gasteiger partial charge on any atom is -0.351 e. The summed E-state index contributed by atoms with van der Waals surface area (Å²) in [6.45, 7) is 9.29.